The number of fused-ring (bicyclic) bond motifs is 5. The Morgan fingerprint density at radius 2 is 1.51 bits per heavy atom. The third kappa shape index (κ3) is 8.33. The summed E-state index contributed by atoms with van der Waals surface area (Å²) in [5, 5.41) is 87.0. The Kier molecular flexibility index (Phi) is 12.9. The summed E-state index contributed by atoms with van der Waals surface area (Å²) in [6.07, 6.45) is -8.94. The van der Waals surface area contributed by atoms with E-state index in [4.69, 9.17) is 23.1 Å². The van der Waals surface area contributed by atoms with Crippen molar-refractivity contribution in [3.8, 4) is 0 Å². The number of aliphatic hydroxyl groups excluding tert-OH is 7. The zero-order valence-corrected chi connectivity index (χ0v) is 33.1. The molecule has 318 valence electrons. The molecule has 2 heterocycles. The summed E-state index contributed by atoms with van der Waals surface area (Å²) in [4.78, 5) is 0. The summed E-state index contributed by atoms with van der Waals surface area (Å²) >= 11 is 0. The number of rotatable bonds is 12. The van der Waals surface area contributed by atoms with E-state index >= 15 is 0 Å². The second-order valence-corrected chi connectivity index (χ2v) is 19.4. The Labute approximate surface area is 323 Å². The molecular weight excluding hydrogens is 744 g/mol. The summed E-state index contributed by atoms with van der Waals surface area (Å²) in [5.41, 5.74) is -1.02. The molecule has 20 atom stereocenters. The van der Waals surface area contributed by atoms with Crippen LogP contribution in [0.2, 0.25) is 0 Å². The fraction of sp³-hybridized carbons (Fsp3) is 0.947. The first kappa shape index (κ1) is 43.7. The molecule has 17 heteroatoms. The lowest BCUT2D eigenvalue weighted by Gasteiger charge is -2.66. The van der Waals surface area contributed by atoms with E-state index in [0.717, 1.165) is 31.3 Å². The van der Waals surface area contributed by atoms with Crippen LogP contribution in [0.4, 0.5) is 0 Å². The van der Waals surface area contributed by atoms with Crippen LogP contribution in [0.25, 0.3) is 0 Å². The Balaban J connectivity index is 1.07. The van der Waals surface area contributed by atoms with Gasteiger partial charge in [-0.1, -0.05) is 39.8 Å². The smallest absolute Gasteiger partial charge is 0.393 e. The first-order valence-electron chi connectivity index (χ1n) is 19.9. The number of ether oxygens (including phenoxy) is 4. The fourth-order valence-electron chi connectivity index (χ4n) is 12.0. The maximum atomic E-state index is 12.6. The lowest BCUT2D eigenvalue weighted by atomic mass is 9.42. The minimum absolute atomic E-state index is 0.0112. The molecule has 6 fully saturated rings. The molecule has 0 bridgehead atoms. The summed E-state index contributed by atoms with van der Waals surface area (Å²) in [5.74, 6) is -0.514. The van der Waals surface area contributed by atoms with E-state index in [1.54, 1.807) is 0 Å². The van der Waals surface area contributed by atoms with Gasteiger partial charge in [-0.15, -0.1) is 0 Å². The van der Waals surface area contributed by atoms with Crippen LogP contribution < -0.4 is 0 Å². The van der Waals surface area contributed by atoms with Gasteiger partial charge in [0.15, 0.2) is 12.6 Å². The summed E-state index contributed by atoms with van der Waals surface area (Å²) in [6, 6.07) is 0. The van der Waals surface area contributed by atoms with Crippen molar-refractivity contribution in [3.63, 3.8) is 0 Å². The monoisotopic (exact) mass is 808 g/mol. The zero-order chi connectivity index (χ0) is 40.4. The lowest BCUT2D eigenvalue weighted by Crippen LogP contribution is -2.68. The van der Waals surface area contributed by atoms with Gasteiger partial charge in [0.05, 0.1) is 43.7 Å². The second-order valence-electron chi connectivity index (χ2n) is 18.3. The van der Waals surface area contributed by atoms with Gasteiger partial charge in [-0.2, -0.15) is 8.42 Å². The highest BCUT2D eigenvalue weighted by atomic mass is 32.3. The normalized spacial score (nSPS) is 50.0. The van der Waals surface area contributed by atoms with E-state index in [9.17, 15) is 53.8 Å². The maximum absolute atomic E-state index is 12.6. The van der Waals surface area contributed by atoms with Crippen molar-refractivity contribution >= 4 is 10.4 Å². The fourth-order valence-corrected chi connectivity index (χ4v) is 12.5. The van der Waals surface area contributed by atoms with Crippen molar-refractivity contribution in [2.24, 2.45) is 46.3 Å². The van der Waals surface area contributed by atoms with Gasteiger partial charge in [0.25, 0.3) is 0 Å². The Morgan fingerprint density at radius 3 is 2.20 bits per heavy atom. The van der Waals surface area contributed by atoms with Crippen LogP contribution in [0.5, 0.6) is 0 Å². The molecule has 6 aliphatic rings. The molecule has 0 aromatic heterocycles. The van der Waals surface area contributed by atoms with Crippen molar-refractivity contribution in [2.45, 2.75) is 159 Å². The largest absolute Gasteiger partial charge is 0.397 e. The average Bonchev–Trinajstić information content (AvgIpc) is 3.39. The molecule has 16 nitrogen and oxygen atoms in total. The van der Waals surface area contributed by atoms with Crippen LogP contribution in [0.3, 0.4) is 0 Å². The topological polar surface area (TPSA) is 262 Å². The van der Waals surface area contributed by atoms with E-state index in [1.807, 2.05) is 6.92 Å². The lowest BCUT2D eigenvalue weighted by molar-refractivity contribution is -0.341. The van der Waals surface area contributed by atoms with Gasteiger partial charge < -0.3 is 59.8 Å². The highest BCUT2D eigenvalue weighted by molar-refractivity contribution is 7.80. The maximum Gasteiger partial charge on any atom is 0.397 e. The predicted octanol–water partition coefficient (Wildman–Crippen LogP) is 0.417. The van der Waals surface area contributed by atoms with Crippen molar-refractivity contribution in [1.29, 1.82) is 0 Å². The van der Waals surface area contributed by atoms with Gasteiger partial charge >= 0.3 is 10.4 Å². The third-order valence-corrected chi connectivity index (χ3v) is 15.4. The molecule has 4 aliphatic carbocycles. The Hall–Kier alpha value is -0.870. The van der Waals surface area contributed by atoms with Gasteiger partial charge in [-0.3, -0.25) is 4.55 Å². The van der Waals surface area contributed by atoms with Gasteiger partial charge in [0.2, 0.25) is 0 Å². The minimum Gasteiger partial charge on any atom is -0.393 e. The highest BCUT2D eigenvalue weighted by Gasteiger charge is 2.70. The standard InChI is InChI=1S/C38H64O16S/c1-18(20(3)15-50-35-32(31(27(43)17-52-35)54-55(47,48)49)53-34-30(45)29(44)26(42)16-51-34)6-7-19(2)22-13-24(40)33-37(22,5)11-9-28-36(4)10-8-21(39)12-23(36)25(41)14-38(28,33)46/h19-35,39-46H,1,6-17H2,2-5H3,(H,47,48,49). The van der Waals surface area contributed by atoms with Gasteiger partial charge in [-0.05, 0) is 85.9 Å². The van der Waals surface area contributed by atoms with Crippen LogP contribution in [-0.4, -0.2) is 147 Å². The first-order valence-corrected chi connectivity index (χ1v) is 21.3. The Morgan fingerprint density at radius 1 is 0.855 bits per heavy atom. The molecule has 20 unspecified atom stereocenters. The van der Waals surface area contributed by atoms with E-state index in [0.29, 0.717) is 25.7 Å². The SMILES string of the molecule is C=C(CCC(C)C1CC(O)C2C1(C)CCC1C3(C)CCC(O)CC3C(O)CC12O)C(C)COC1OCC(O)C(OS(=O)(=O)O)C1OC1OCC(O)C(O)C1O. The molecule has 0 radical (unpaired) electrons. The molecule has 6 rings (SSSR count). The molecular formula is C38H64O16S. The van der Waals surface area contributed by atoms with Gasteiger partial charge in [0, 0.05) is 18.3 Å². The van der Waals surface area contributed by atoms with E-state index in [2.05, 4.69) is 27.4 Å². The summed E-state index contributed by atoms with van der Waals surface area (Å²) in [6.45, 7) is 11.9. The number of aliphatic hydroxyl groups is 8. The quantitative estimate of drug-likeness (QED) is 0.0956. The van der Waals surface area contributed by atoms with Gasteiger partial charge in [0.1, 0.15) is 36.6 Å². The van der Waals surface area contributed by atoms with Gasteiger partial charge in [-0.25, -0.2) is 4.18 Å². The van der Waals surface area contributed by atoms with Crippen LogP contribution in [-0.2, 0) is 33.5 Å². The predicted molar refractivity (Wildman–Crippen MR) is 193 cm³/mol. The van der Waals surface area contributed by atoms with Crippen LogP contribution >= 0.6 is 0 Å². The molecule has 4 saturated carbocycles. The molecule has 2 saturated heterocycles. The summed E-state index contributed by atoms with van der Waals surface area (Å²) < 4.78 is 60.2. The molecule has 0 spiro atoms. The third-order valence-electron chi connectivity index (χ3n) is 14.9. The van der Waals surface area contributed by atoms with Crippen LogP contribution in [0.15, 0.2) is 12.2 Å². The van der Waals surface area contributed by atoms with Crippen LogP contribution in [0, 0.1) is 46.3 Å². The minimum atomic E-state index is -5.10. The molecule has 0 aromatic carbocycles. The van der Waals surface area contributed by atoms with Crippen molar-refractivity contribution < 1.29 is 77.0 Å². The molecule has 2 aliphatic heterocycles. The zero-order valence-electron chi connectivity index (χ0n) is 32.3. The number of hydrogen-bond donors (Lipinski definition) is 9. The Bertz CT molecular complexity index is 1470. The highest BCUT2D eigenvalue weighted by Crippen LogP contribution is 2.69. The van der Waals surface area contributed by atoms with E-state index < -0.39 is 96.7 Å². The average molecular weight is 809 g/mol. The van der Waals surface area contributed by atoms with E-state index in [-0.39, 0.29) is 59.4 Å². The molecule has 55 heavy (non-hydrogen) atoms. The number of hydrogen-bond acceptors (Lipinski definition) is 15. The van der Waals surface area contributed by atoms with Crippen molar-refractivity contribution in [3.05, 3.63) is 12.2 Å². The first-order chi connectivity index (χ1) is 25.6. The second kappa shape index (κ2) is 16.3. The van der Waals surface area contributed by atoms with E-state index in [1.165, 1.54) is 0 Å². The van der Waals surface area contributed by atoms with Crippen molar-refractivity contribution in [2.75, 3.05) is 19.8 Å². The van der Waals surface area contributed by atoms with Crippen molar-refractivity contribution in [1.82, 2.24) is 0 Å². The van der Waals surface area contributed by atoms with Crippen LogP contribution in [0.1, 0.15) is 85.5 Å². The molecule has 0 amide bonds. The molecule has 9 N–H and O–H groups in total. The molecule has 0 aromatic rings. The summed E-state index contributed by atoms with van der Waals surface area (Å²) in [7, 11) is -5.10.